The largest absolute Gasteiger partial charge is 0.484 e. The van der Waals surface area contributed by atoms with Crippen molar-refractivity contribution in [2.24, 2.45) is 5.73 Å². The lowest BCUT2D eigenvalue weighted by Crippen LogP contribution is -2.38. The van der Waals surface area contributed by atoms with E-state index in [0.717, 1.165) is 0 Å². The molecule has 120 valence electrons. The number of carboxylic acid groups (broad SMARTS) is 1. The van der Waals surface area contributed by atoms with E-state index in [1.807, 2.05) is 0 Å². The summed E-state index contributed by atoms with van der Waals surface area (Å²) in [7, 11) is 1.47. The molecule has 0 aliphatic rings. The van der Waals surface area contributed by atoms with Crippen molar-refractivity contribution >= 4 is 17.8 Å². The highest BCUT2D eigenvalue weighted by molar-refractivity contribution is 5.96. The van der Waals surface area contributed by atoms with Crippen LogP contribution in [0.15, 0.2) is 24.3 Å². The lowest BCUT2D eigenvalue weighted by molar-refractivity contribution is -0.137. The molecule has 0 radical (unpaired) electrons. The van der Waals surface area contributed by atoms with Crippen LogP contribution in [-0.4, -0.2) is 61.2 Å². The molecule has 1 aromatic rings. The normalized spacial score (nSPS) is 10.0. The fourth-order valence-electron chi connectivity index (χ4n) is 1.65. The lowest BCUT2D eigenvalue weighted by atomic mass is 10.2. The van der Waals surface area contributed by atoms with Crippen LogP contribution in [0.2, 0.25) is 0 Å². The van der Waals surface area contributed by atoms with Gasteiger partial charge in [0, 0.05) is 19.2 Å². The van der Waals surface area contributed by atoms with Crippen LogP contribution in [0.4, 0.5) is 0 Å². The molecule has 8 nitrogen and oxygen atoms in total. The second-order valence-corrected chi connectivity index (χ2v) is 4.39. The molecule has 0 aliphatic carbocycles. The first-order chi connectivity index (χ1) is 10.4. The number of benzene rings is 1. The second kappa shape index (κ2) is 8.63. The van der Waals surface area contributed by atoms with Gasteiger partial charge in [0.05, 0.1) is 6.61 Å². The second-order valence-electron chi connectivity index (χ2n) is 4.39. The molecule has 0 fully saturated rings. The van der Waals surface area contributed by atoms with E-state index in [9.17, 15) is 14.4 Å². The van der Waals surface area contributed by atoms with Crippen LogP contribution >= 0.6 is 0 Å². The van der Waals surface area contributed by atoms with Gasteiger partial charge in [0.25, 0.3) is 11.8 Å². The minimum absolute atomic E-state index is 0.168. The van der Waals surface area contributed by atoms with E-state index in [4.69, 9.17) is 20.3 Å². The smallest absolute Gasteiger partial charge is 0.323 e. The van der Waals surface area contributed by atoms with Gasteiger partial charge in [0.1, 0.15) is 12.3 Å². The molecule has 2 amide bonds. The molecule has 8 heteroatoms. The first-order valence-electron chi connectivity index (χ1n) is 6.45. The maximum absolute atomic E-state index is 12.3. The molecule has 0 unspecified atom stereocenters. The fraction of sp³-hybridized carbons (Fsp3) is 0.357. The van der Waals surface area contributed by atoms with Gasteiger partial charge >= 0.3 is 5.97 Å². The number of amides is 2. The van der Waals surface area contributed by atoms with Crippen molar-refractivity contribution in [2.45, 2.75) is 0 Å². The lowest BCUT2D eigenvalue weighted by Gasteiger charge is -2.20. The average Bonchev–Trinajstić information content (AvgIpc) is 2.48. The number of methoxy groups -OCH3 is 1. The van der Waals surface area contributed by atoms with Gasteiger partial charge in [0.15, 0.2) is 6.61 Å². The fourth-order valence-corrected chi connectivity index (χ4v) is 1.65. The van der Waals surface area contributed by atoms with Crippen LogP contribution in [0.1, 0.15) is 10.4 Å². The third-order valence-electron chi connectivity index (χ3n) is 2.66. The monoisotopic (exact) mass is 310 g/mol. The molecular weight excluding hydrogens is 292 g/mol. The highest BCUT2D eigenvalue weighted by atomic mass is 16.5. The number of primary amides is 1. The van der Waals surface area contributed by atoms with Crippen LogP contribution in [-0.2, 0) is 14.3 Å². The summed E-state index contributed by atoms with van der Waals surface area (Å²) in [6.07, 6.45) is 0. The van der Waals surface area contributed by atoms with Crippen LogP contribution < -0.4 is 10.5 Å². The molecule has 0 spiro atoms. The summed E-state index contributed by atoms with van der Waals surface area (Å²) in [6, 6.07) is 5.98. The SMILES string of the molecule is COCCN(CC(=O)O)C(=O)c1ccc(OCC(N)=O)cc1. The van der Waals surface area contributed by atoms with E-state index in [-0.39, 0.29) is 19.8 Å². The van der Waals surface area contributed by atoms with E-state index in [1.165, 1.54) is 36.3 Å². The summed E-state index contributed by atoms with van der Waals surface area (Å²) in [5, 5.41) is 8.85. The van der Waals surface area contributed by atoms with E-state index >= 15 is 0 Å². The van der Waals surface area contributed by atoms with E-state index in [1.54, 1.807) is 0 Å². The minimum atomic E-state index is -1.11. The summed E-state index contributed by atoms with van der Waals surface area (Å²) < 4.78 is 9.94. The van der Waals surface area contributed by atoms with Gasteiger partial charge in [-0.2, -0.15) is 0 Å². The molecule has 1 aromatic carbocycles. The van der Waals surface area contributed by atoms with Gasteiger partial charge < -0.3 is 25.2 Å². The Labute approximate surface area is 127 Å². The van der Waals surface area contributed by atoms with Crippen molar-refractivity contribution in [3.05, 3.63) is 29.8 Å². The van der Waals surface area contributed by atoms with Crippen LogP contribution in [0.5, 0.6) is 5.75 Å². The quantitative estimate of drug-likeness (QED) is 0.647. The van der Waals surface area contributed by atoms with Crippen LogP contribution in [0.25, 0.3) is 0 Å². The molecule has 0 bridgehead atoms. The molecule has 0 saturated heterocycles. The first-order valence-corrected chi connectivity index (χ1v) is 6.45. The van der Waals surface area contributed by atoms with Crippen molar-refractivity contribution in [3.8, 4) is 5.75 Å². The molecular formula is C14H18N2O6. The van der Waals surface area contributed by atoms with Crippen molar-refractivity contribution in [1.29, 1.82) is 0 Å². The zero-order valence-corrected chi connectivity index (χ0v) is 12.2. The van der Waals surface area contributed by atoms with Gasteiger partial charge in [-0.1, -0.05) is 0 Å². The molecule has 1 rings (SSSR count). The third-order valence-corrected chi connectivity index (χ3v) is 2.66. The third kappa shape index (κ3) is 5.80. The number of carboxylic acids is 1. The topological polar surface area (TPSA) is 119 Å². The molecule has 0 atom stereocenters. The average molecular weight is 310 g/mol. The summed E-state index contributed by atoms with van der Waals surface area (Å²) in [6.45, 7) is -0.269. The number of hydrogen-bond acceptors (Lipinski definition) is 5. The van der Waals surface area contributed by atoms with Gasteiger partial charge in [-0.05, 0) is 24.3 Å². The number of ether oxygens (including phenoxy) is 2. The standard InChI is InChI=1S/C14H18N2O6/c1-21-7-6-16(8-13(18)19)14(20)10-2-4-11(5-3-10)22-9-12(15)17/h2-5H,6-9H2,1H3,(H2,15,17)(H,18,19). The highest BCUT2D eigenvalue weighted by Crippen LogP contribution is 2.13. The number of nitrogens with zero attached hydrogens (tertiary/aromatic N) is 1. The zero-order chi connectivity index (χ0) is 16.5. The maximum atomic E-state index is 12.3. The molecule has 0 saturated carbocycles. The Hall–Kier alpha value is -2.61. The van der Waals surface area contributed by atoms with E-state index in [0.29, 0.717) is 11.3 Å². The Morgan fingerprint density at radius 2 is 1.86 bits per heavy atom. The number of rotatable bonds is 9. The Morgan fingerprint density at radius 1 is 1.23 bits per heavy atom. The van der Waals surface area contributed by atoms with E-state index < -0.39 is 24.3 Å². The Bertz CT molecular complexity index is 529. The number of carbonyl (C=O) groups is 3. The molecule has 0 aromatic heterocycles. The zero-order valence-electron chi connectivity index (χ0n) is 12.2. The van der Waals surface area contributed by atoms with Crippen molar-refractivity contribution in [3.63, 3.8) is 0 Å². The summed E-state index contributed by atoms with van der Waals surface area (Å²) in [5.41, 5.74) is 5.27. The van der Waals surface area contributed by atoms with Gasteiger partial charge in [-0.25, -0.2) is 0 Å². The first kappa shape index (κ1) is 17.4. The summed E-state index contributed by atoms with van der Waals surface area (Å²) >= 11 is 0. The highest BCUT2D eigenvalue weighted by Gasteiger charge is 2.18. The van der Waals surface area contributed by atoms with Gasteiger partial charge in [0.2, 0.25) is 0 Å². The Morgan fingerprint density at radius 3 is 2.36 bits per heavy atom. The maximum Gasteiger partial charge on any atom is 0.323 e. The van der Waals surface area contributed by atoms with Crippen molar-refractivity contribution in [2.75, 3.05) is 33.4 Å². The van der Waals surface area contributed by atoms with E-state index in [2.05, 4.69) is 0 Å². The Balaban J connectivity index is 2.75. The predicted octanol–water partition coefficient (Wildman–Crippen LogP) is -0.276. The number of carbonyl (C=O) groups excluding carboxylic acids is 2. The number of hydrogen-bond donors (Lipinski definition) is 2. The minimum Gasteiger partial charge on any atom is -0.484 e. The van der Waals surface area contributed by atoms with Gasteiger partial charge in [-0.15, -0.1) is 0 Å². The van der Waals surface area contributed by atoms with Crippen molar-refractivity contribution < 1.29 is 29.0 Å². The van der Waals surface area contributed by atoms with Crippen LogP contribution in [0, 0.1) is 0 Å². The van der Waals surface area contributed by atoms with Crippen molar-refractivity contribution in [1.82, 2.24) is 4.90 Å². The molecule has 3 N–H and O–H groups in total. The number of nitrogens with two attached hydrogens (primary N) is 1. The summed E-state index contributed by atoms with van der Waals surface area (Å²) in [4.78, 5) is 34.8. The summed E-state index contributed by atoms with van der Waals surface area (Å²) in [5.74, 6) is -1.75. The van der Waals surface area contributed by atoms with Gasteiger partial charge in [-0.3, -0.25) is 14.4 Å². The predicted molar refractivity (Wildman–Crippen MR) is 76.5 cm³/mol. The van der Waals surface area contributed by atoms with Crippen LogP contribution in [0.3, 0.4) is 0 Å². The molecule has 0 aliphatic heterocycles. The Kier molecular flexibility index (Phi) is 6.84. The molecule has 22 heavy (non-hydrogen) atoms. The molecule has 0 heterocycles. The number of aliphatic carboxylic acids is 1.